The van der Waals surface area contributed by atoms with Crippen molar-refractivity contribution in [2.45, 2.75) is 95.2 Å². The number of nitrogens with zero attached hydrogens (tertiary/aromatic N) is 2. The Morgan fingerprint density at radius 3 is 1.02 bits per heavy atom. The van der Waals surface area contributed by atoms with Crippen LogP contribution in [0.5, 0.6) is 0 Å². The molecule has 2 atom stereocenters. The molecule has 0 heterocycles. The van der Waals surface area contributed by atoms with Gasteiger partial charge in [0.1, 0.15) is 0 Å². The molecule has 0 radical (unpaired) electrons. The Morgan fingerprint density at radius 2 is 0.808 bits per heavy atom. The van der Waals surface area contributed by atoms with E-state index in [1.165, 1.54) is 66.1 Å². The number of hydrogen-bond acceptors (Lipinski definition) is 2. The predicted octanol–water partition coefficient (Wildman–Crippen LogP) is 6.59. The van der Waals surface area contributed by atoms with Gasteiger partial charge in [0, 0.05) is 0 Å². The maximum atomic E-state index is 3.44. The second-order valence-electron chi connectivity index (χ2n) is 15.3. The average molecular weight is 896 g/mol. The average Bonchev–Trinajstić information content (AvgIpc) is 3.75. The van der Waals surface area contributed by atoms with Gasteiger partial charge in [0.05, 0.1) is 0 Å². The molecule has 280 valence electrons. The van der Waals surface area contributed by atoms with Gasteiger partial charge in [-0.05, 0) is 40.3 Å². The third kappa shape index (κ3) is 13.0. The zero-order valence-corrected chi connectivity index (χ0v) is 41.2. The summed E-state index contributed by atoms with van der Waals surface area (Å²) in [5, 5.41) is 5.45. The van der Waals surface area contributed by atoms with Gasteiger partial charge in [-0.1, -0.05) is 92.2 Å². The van der Waals surface area contributed by atoms with Crippen LogP contribution < -0.4 is 24.8 Å². The minimum Gasteiger partial charge on any atom is -1.00 e. The largest absolute Gasteiger partial charge is 2.00 e. The number of allylic oxidation sites excluding steroid dienone is 8. The molecule has 0 amide bonds. The van der Waals surface area contributed by atoms with Crippen LogP contribution in [0.4, 0.5) is 0 Å². The molecule has 52 heavy (non-hydrogen) atoms. The molecule has 4 aromatic rings. The fourth-order valence-corrected chi connectivity index (χ4v) is 6.45. The van der Waals surface area contributed by atoms with E-state index in [1.54, 1.807) is 0 Å². The summed E-state index contributed by atoms with van der Waals surface area (Å²) in [6, 6.07) is 26.9. The number of benzene rings is 2. The molecule has 2 aliphatic carbocycles. The molecule has 0 aliphatic heterocycles. The summed E-state index contributed by atoms with van der Waals surface area (Å²) in [5.74, 6) is 0. The number of hydrogen-bond donors (Lipinski definition) is 0. The number of fused-ring (bicyclic) bond motifs is 2. The Morgan fingerprint density at radius 1 is 0.519 bits per heavy atom. The van der Waals surface area contributed by atoms with Crippen molar-refractivity contribution in [2.24, 2.45) is 10.8 Å². The van der Waals surface area contributed by atoms with Gasteiger partial charge in [-0.25, -0.2) is 11.1 Å². The van der Waals surface area contributed by atoms with E-state index in [-0.39, 0.29) is 88.1 Å². The van der Waals surface area contributed by atoms with Crippen molar-refractivity contribution < 1.29 is 77.2 Å². The molecule has 0 saturated carbocycles. The number of rotatable bonds is 4. The van der Waals surface area contributed by atoms with E-state index < -0.39 is 0 Å². The van der Waals surface area contributed by atoms with Crippen molar-refractivity contribution >= 4 is 21.5 Å². The molecule has 2 aliphatic rings. The summed E-state index contributed by atoms with van der Waals surface area (Å²) in [7, 11) is 8.47. The van der Waals surface area contributed by atoms with Crippen LogP contribution in [-0.4, -0.2) is 38.0 Å². The van der Waals surface area contributed by atoms with Crippen molar-refractivity contribution in [3.8, 4) is 0 Å². The van der Waals surface area contributed by atoms with Crippen LogP contribution in [0, 0.1) is 23.0 Å². The standard InChI is InChI=1S/2C13H16N.2C10H15.2ClH.2Zr/c2*1-10(14(2)3)12-9-8-11-6-4-5-7-13(11)12;2*1-7-6-10(4,5)9(3)8(7)2;;;;/h2*4-10H,1-3H3;2*1-5H3;2*1H;;/q4*-1;;;2*+2/p-2. The Kier molecular flexibility index (Phi) is 22.9. The quantitative estimate of drug-likeness (QED) is 0.214. The van der Waals surface area contributed by atoms with E-state index in [1.807, 2.05) is 0 Å². The Hall–Kier alpha value is -1.11. The molecule has 2 nitrogen and oxygen atoms in total. The Balaban J connectivity index is 0. The number of halogens is 2. The van der Waals surface area contributed by atoms with Crippen LogP contribution in [0.3, 0.4) is 0 Å². The third-order valence-electron chi connectivity index (χ3n) is 11.0. The van der Waals surface area contributed by atoms with E-state index in [2.05, 4.69) is 206 Å². The van der Waals surface area contributed by atoms with E-state index in [9.17, 15) is 0 Å². The van der Waals surface area contributed by atoms with Crippen molar-refractivity contribution in [3.63, 3.8) is 0 Å². The van der Waals surface area contributed by atoms with Crippen LogP contribution in [-0.2, 0) is 52.4 Å². The van der Waals surface area contributed by atoms with Crippen molar-refractivity contribution in [3.05, 3.63) is 130 Å². The zero-order valence-electron chi connectivity index (χ0n) is 34.7. The fourth-order valence-electron chi connectivity index (χ4n) is 6.45. The van der Waals surface area contributed by atoms with Crippen LogP contribution in [0.25, 0.3) is 21.5 Å². The minimum absolute atomic E-state index is 0. The van der Waals surface area contributed by atoms with Crippen LogP contribution in [0.15, 0.2) is 106 Å². The molecule has 0 saturated heterocycles. The van der Waals surface area contributed by atoms with Gasteiger partial charge >= 0.3 is 52.4 Å². The van der Waals surface area contributed by atoms with Gasteiger partial charge in [-0.3, -0.25) is 12.2 Å². The first kappa shape index (κ1) is 53.0. The van der Waals surface area contributed by atoms with Crippen molar-refractivity contribution in [2.75, 3.05) is 28.2 Å². The smallest absolute Gasteiger partial charge is 1.00 e. The van der Waals surface area contributed by atoms with Crippen LogP contribution in [0.1, 0.15) is 106 Å². The molecular weight excluding hydrogens is 834 g/mol. The summed E-state index contributed by atoms with van der Waals surface area (Å²) in [5.41, 5.74) is 11.6. The fraction of sp³-hybridized carbons (Fsp3) is 0.435. The molecule has 0 fully saturated rings. The van der Waals surface area contributed by atoms with Gasteiger partial charge in [-0.15, -0.1) is 95.1 Å². The Labute approximate surface area is 369 Å². The molecular formula is C46H62Cl2N2Zr2-2. The molecule has 4 aromatic carbocycles. The molecule has 0 bridgehead atoms. The maximum absolute atomic E-state index is 3.44. The third-order valence-corrected chi connectivity index (χ3v) is 11.0. The summed E-state index contributed by atoms with van der Waals surface area (Å²) in [4.78, 5) is 4.48. The second-order valence-corrected chi connectivity index (χ2v) is 15.3. The molecule has 2 unspecified atom stereocenters. The second kappa shape index (κ2) is 22.4. The molecule has 6 heteroatoms. The molecule has 0 spiro atoms. The molecule has 6 rings (SSSR count). The first-order valence-corrected chi connectivity index (χ1v) is 17.5. The van der Waals surface area contributed by atoms with Gasteiger partial charge in [0.25, 0.3) is 0 Å². The van der Waals surface area contributed by atoms with Crippen LogP contribution >= 0.6 is 0 Å². The normalized spacial score (nSPS) is 16.4. The van der Waals surface area contributed by atoms with E-state index in [0.717, 1.165) is 0 Å². The topological polar surface area (TPSA) is 6.48 Å². The summed E-state index contributed by atoms with van der Waals surface area (Å²) < 4.78 is 0. The molecule has 0 aromatic heterocycles. The first-order chi connectivity index (χ1) is 22.3. The van der Waals surface area contributed by atoms with Crippen molar-refractivity contribution in [1.29, 1.82) is 0 Å². The monoisotopic (exact) mass is 892 g/mol. The van der Waals surface area contributed by atoms with Gasteiger partial charge in [0.15, 0.2) is 0 Å². The summed E-state index contributed by atoms with van der Waals surface area (Å²) in [6.07, 6.45) is 6.87. The SMILES string of the molecule is CC([c-]1ccc2ccccc21)N(C)C.CC([c-]1ccc2ccccc21)N(C)C.CC1=[C-]C(C)(C)C(C)=C1C.CC1=[C-]C(C)(C)C(C)=C1C.[Cl-].[Cl-].[Zr+2].[Zr+2]. The van der Waals surface area contributed by atoms with Gasteiger partial charge < -0.3 is 34.6 Å². The van der Waals surface area contributed by atoms with E-state index in [0.29, 0.717) is 12.1 Å². The molecule has 0 N–H and O–H groups in total. The van der Waals surface area contributed by atoms with Gasteiger partial charge in [-0.2, -0.15) is 34.4 Å². The van der Waals surface area contributed by atoms with E-state index >= 15 is 0 Å². The maximum Gasteiger partial charge on any atom is 2.00 e. The summed E-state index contributed by atoms with van der Waals surface area (Å²) in [6.45, 7) is 26.3. The first-order valence-electron chi connectivity index (χ1n) is 17.5. The Bertz CT molecular complexity index is 1690. The minimum atomic E-state index is 0. The van der Waals surface area contributed by atoms with Crippen molar-refractivity contribution in [1.82, 2.24) is 9.80 Å². The zero-order chi connectivity index (χ0) is 36.1. The van der Waals surface area contributed by atoms with E-state index in [4.69, 9.17) is 0 Å². The van der Waals surface area contributed by atoms with Gasteiger partial charge in [0.2, 0.25) is 0 Å². The summed E-state index contributed by atoms with van der Waals surface area (Å²) >= 11 is 0. The van der Waals surface area contributed by atoms with Crippen LogP contribution in [0.2, 0.25) is 0 Å². The predicted molar refractivity (Wildman–Crippen MR) is 212 cm³/mol.